The van der Waals surface area contributed by atoms with Crippen molar-refractivity contribution in [3.05, 3.63) is 36.5 Å². The summed E-state index contributed by atoms with van der Waals surface area (Å²) in [7, 11) is 0. The number of carbonyl (C=O) groups excluding carboxylic acids is 3. The molecule has 0 aliphatic carbocycles. The second-order valence-corrected chi connectivity index (χ2v) is 15.8. The van der Waals surface area contributed by atoms with Gasteiger partial charge in [0.2, 0.25) is 11.8 Å². The zero-order valence-electron chi connectivity index (χ0n) is 36.6. The summed E-state index contributed by atoms with van der Waals surface area (Å²) in [6.45, 7) is 3.40. The zero-order valence-corrected chi connectivity index (χ0v) is 36.6. The van der Waals surface area contributed by atoms with Crippen molar-refractivity contribution in [2.75, 3.05) is 13.2 Å². The second-order valence-electron chi connectivity index (χ2n) is 15.8. The number of allylic oxidation sites excluding steroid dienone is 5. The van der Waals surface area contributed by atoms with Crippen LogP contribution in [0.1, 0.15) is 219 Å². The van der Waals surface area contributed by atoms with Gasteiger partial charge >= 0.3 is 11.9 Å². The third kappa shape index (κ3) is 39.7. The number of carboxylic acids is 1. The van der Waals surface area contributed by atoms with E-state index in [4.69, 9.17) is 14.9 Å². The Kier molecular flexibility index (Phi) is 40.5. The minimum Gasteiger partial charge on any atom is -0.480 e. The summed E-state index contributed by atoms with van der Waals surface area (Å²) in [6, 6.07) is -1.39. The molecule has 57 heavy (non-hydrogen) atoms. The van der Waals surface area contributed by atoms with Crippen molar-refractivity contribution in [1.29, 1.82) is 0 Å². The quantitative estimate of drug-likeness (QED) is 0.0273. The summed E-state index contributed by atoms with van der Waals surface area (Å²) in [6.07, 6.45) is 49.3. The van der Waals surface area contributed by atoms with Crippen LogP contribution >= 0.6 is 0 Å². The van der Waals surface area contributed by atoms with Gasteiger partial charge in [-0.05, 0) is 70.3 Å². The van der Waals surface area contributed by atoms with Gasteiger partial charge in [0.25, 0.3) is 0 Å². The topological polar surface area (TPSA) is 142 Å². The van der Waals surface area contributed by atoms with Gasteiger partial charge in [-0.3, -0.25) is 14.4 Å². The lowest BCUT2D eigenvalue weighted by Crippen LogP contribution is -2.47. The Labute approximate surface area is 348 Å². The predicted octanol–water partition coefficient (Wildman–Crippen LogP) is 11.8. The van der Waals surface area contributed by atoms with Gasteiger partial charge in [-0.15, -0.1) is 0 Å². The first-order valence-corrected chi connectivity index (χ1v) is 23.4. The summed E-state index contributed by atoms with van der Waals surface area (Å²) in [5, 5.41) is 22.5. The number of ether oxygens (including phenoxy) is 1. The third-order valence-corrected chi connectivity index (χ3v) is 10.3. The molecule has 2 atom stereocenters. The molecule has 0 rings (SSSR count). The van der Waals surface area contributed by atoms with Gasteiger partial charge in [0.15, 0.2) is 0 Å². The highest BCUT2D eigenvalue weighted by Gasteiger charge is 2.18. The molecule has 0 fully saturated rings. The number of aliphatic carboxylic acids is 1. The average molecular weight is 803 g/mol. The molecule has 0 spiro atoms. The number of carboxylic acid groups (broad SMARTS) is 1. The van der Waals surface area contributed by atoms with Gasteiger partial charge in [-0.2, -0.15) is 0 Å². The first kappa shape index (κ1) is 54.1. The van der Waals surface area contributed by atoms with Gasteiger partial charge in [-0.1, -0.05) is 173 Å². The highest BCUT2D eigenvalue weighted by molar-refractivity contribution is 5.87. The number of amides is 2. The normalized spacial score (nSPS) is 12.8. The molecular weight excluding hydrogens is 717 g/mol. The Bertz CT molecular complexity index is 1060. The van der Waals surface area contributed by atoms with Crippen molar-refractivity contribution in [1.82, 2.24) is 10.6 Å². The second kappa shape index (κ2) is 42.7. The molecule has 0 aliphatic heterocycles. The van der Waals surface area contributed by atoms with Crippen LogP contribution in [0, 0.1) is 0 Å². The number of nitrogens with one attached hydrogen (secondary N) is 2. The predicted molar refractivity (Wildman–Crippen MR) is 236 cm³/mol. The number of hydrogen-bond acceptors (Lipinski definition) is 6. The van der Waals surface area contributed by atoms with Gasteiger partial charge in [0.1, 0.15) is 12.1 Å². The molecule has 0 saturated heterocycles. The van der Waals surface area contributed by atoms with Gasteiger partial charge in [-0.25, -0.2) is 4.79 Å². The Morgan fingerprint density at radius 1 is 0.544 bits per heavy atom. The van der Waals surface area contributed by atoms with Crippen LogP contribution in [-0.4, -0.2) is 59.3 Å². The molecule has 0 heterocycles. The number of unbranched alkanes of at least 4 members (excludes halogenated alkanes) is 24. The van der Waals surface area contributed by atoms with Crippen LogP contribution in [0.3, 0.4) is 0 Å². The monoisotopic (exact) mass is 803 g/mol. The third-order valence-electron chi connectivity index (χ3n) is 10.3. The molecule has 2 unspecified atom stereocenters. The van der Waals surface area contributed by atoms with E-state index in [0.717, 1.165) is 51.4 Å². The minimum atomic E-state index is -1.39. The number of esters is 1. The highest BCUT2D eigenvalue weighted by Crippen LogP contribution is 2.16. The minimum absolute atomic E-state index is 0.128. The SMILES string of the molecule is CCCC/C=C\C/C=C\C(CCCCCCC(=O)NCC(=O)NC(CO)C(=O)O)OC(=O)CCCCCCCCCCCCC/C=C\CCCCCCCCCC. The molecule has 0 aromatic heterocycles. The first-order chi connectivity index (χ1) is 27.8. The van der Waals surface area contributed by atoms with E-state index < -0.39 is 24.5 Å². The molecule has 0 saturated carbocycles. The molecule has 0 bridgehead atoms. The molecule has 0 aromatic carbocycles. The van der Waals surface area contributed by atoms with Gasteiger partial charge < -0.3 is 25.6 Å². The Morgan fingerprint density at radius 3 is 1.56 bits per heavy atom. The number of aliphatic hydroxyl groups excluding tert-OH is 1. The van der Waals surface area contributed by atoms with Crippen molar-refractivity contribution in [3.8, 4) is 0 Å². The molecule has 0 aromatic rings. The van der Waals surface area contributed by atoms with Gasteiger partial charge in [0.05, 0.1) is 13.2 Å². The van der Waals surface area contributed by atoms with E-state index in [0.29, 0.717) is 12.8 Å². The lowest BCUT2D eigenvalue weighted by atomic mass is 10.0. The standard InChI is InChI=1S/C48H86N2O7/c1-3-5-7-9-11-12-13-14-15-16-17-18-19-20-21-22-23-24-25-26-28-30-36-40-47(54)57-43(37-33-29-27-10-8-6-4-2)38-34-31-32-35-39-45(52)49-41-46(53)50-44(42-51)48(55)56/h10,16-17,27,33,37,43-44,51H,3-9,11-15,18-26,28-32,34-36,38-42H2,1-2H3,(H,49,52)(H,50,53)(H,55,56)/b17-16-,27-10-,37-33-. The van der Waals surface area contributed by atoms with Crippen LogP contribution in [0.25, 0.3) is 0 Å². The molecule has 0 radical (unpaired) electrons. The molecule has 4 N–H and O–H groups in total. The van der Waals surface area contributed by atoms with Crippen molar-refractivity contribution in [2.24, 2.45) is 0 Å². The lowest BCUT2D eigenvalue weighted by molar-refractivity contribution is -0.147. The summed E-state index contributed by atoms with van der Waals surface area (Å²) in [5.41, 5.74) is 0. The van der Waals surface area contributed by atoms with Crippen LogP contribution in [0.2, 0.25) is 0 Å². The van der Waals surface area contributed by atoms with Crippen LogP contribution in [-0.2, 0) is 23.9 Å². The molecule has 2 amide bonds. The molecule has 9 heteroatoms. The molecule has 330 valence electrons. The molecule has 0 aliphatic rings. The van der Waals surface area contributed by atoms with Crippen LogP contribution in [0.5, 0.6) is 0 Å². The lowest BCUT2D eigenvalue weighted by Gasteiger charge is -2.15. The zero-order chi connectivity index (χ0) is 41.9. The van der Waals surface area contributed by atoms with Crippen molar-refractivity contribution >= 4 is 23.8 Å². The van der Waals surface area contributed by atoms with Crippen LogP contribution < -0.4 is 10.6 Å². The van der Waals surface area contributed by atoms with E-state index in [-0.39, 0.29) is 30.9 Å². The van der Waals surface area contributed by atoms with E-state index >= 15 is 0 Å². The van der Waals surface area contributed by atoms with Gasteiger partial charge in [0, 0.05) is 12.8 Å². The van der Waals surface area contributed by atoms with E-state index in [1.165, 1.54) is 135 Å². The Hall–Kier alpha value is -2.94. The smallest absolute Gasteiger partial charge is 0.328 e. The number of aliphatic hydroxyl groups is 1. The Balaban J connectivity index is 4.07. The number of carbonyl (C=O) groups is 4. The largest absolute Gasteiger partial charge is 0.480 e. The maximum Gasteiger partial charge on any atom is 0.328 e. The summed E-state index contributed by atoms with van der Waals surface area (Å²) >= 11 is 0. The van der Waals surface area contributed by atoms with E-state index in [1.54, 1.807) is 0 Å². The maximum absolute atomic E-state index is 12.7. The van der Waals surface area contributed by atoms with Crippen LogP contribution in [0.4, 0.5) is 0 Å². The summed E-state index contributed by atoms with van der Waals surface area (Å²) < 4.78 is 5.89. The van der Waals surface area contributed by atoms with Crippen molar-refractivity contribution in [2.45, 2.75) is 231 Å². The fourth-order valence-electron chi connectivity index (χ4n) is 6.70. The maximum atomic E-state index is 12.7. The van der Waals surface area contributed by atoms with Crippen molar-refractivity contribution in [3.63, 3.8) is 0 Å². The molecular formula is C48H86N2O7. The average Bonchev–Trinajstić information content (AvgIpc) is 3.20. The summed E-state index contributed by atoms with van der Waals surface area (Å²) in [4.78, 5) is 47.5. The summed E-state index contributed by atoms with van der Waals surface area (Å²) in [5.74, 6) is -2.42. The fraction of sp³-hybridized carbons (Fsp3) is 0.792. The van der Waals surface area contributed by atoms with Crippen LogP contribution in [0.15, 0.2) is 36.5 Å². The Morgan fingerprint density at radius 2 is 1.02 bits per heavy atom. The van der Waals surface area contributed by atoms with E-state index in [2.05, 4.69) is 54.9 Å². The van der Waals surface area contributed by atoms with E-state index in [1.807, 2.05) is 6.08 Å². The highest BCUT2D eigenvalue weighted by atomic mass is 16.5. The fourth-order valence-corrected chi connectivity index (χ4v) is 6.70. The molecule has 9 nitrogen and oxygen atoms in total. The van der Waals surface area contributed by atoms with Crippen molar-refractivity contribution < 1.29 is 34.1 Å². The van der Waals surface area contributed by atoms with E-state index in [9.17, 15) is 19.2 Å². The first-order valence-electron chi connectivity index (χ1n) is 23.4. The number of hydrogen-bond donors (Lipinski definition) is 4. The number of rotatable bonds is 42.